The molecule has 6 heteroatoms. The number of carbonyl (C=O) groups is 1. The van der Waals surface area contributed by atoms with Crippen molar-refractivity contribution in [1.29, 1.82) is 0 Å². The molecule has 2 aromatic carbocycles. The Labute approximate surface area is 155 Å². The summed E-state index contributed by atoms with van der Waals surface area (Å²) in [4.78, 5) is 12.2. The highest BCUT2D eigenvalue weighted by atomic mass is 32.2. The summed E-state index contributed by atoms with van der Waals surface area (Å²) in [5.41, 5.74) is 1.86. The van der Waals surface area contributed by atoms with Gasteiger partial charge in [0.25, 0.3) is 0 Å². The molecule has 1 amide bonds. The Morgan fingerprint density at radius 3 is 2.38 bits per heavy atom. The number of sulfonamides is 1. The summed E-state index contributed by atoms with van der Waals surface area (Å²) in [5, 5.41) is 2.68. The number of rotatable bonds is 5. The molecule has 0 aliphatic heterocycles. The van der Waals surface area contributed by atoms with Gasteiger partial charge < -0.3 is 5.32 Å². The van der Waals surface area contributed by atoms with Crippen LogP contribution in [0.2, 0.25) is 0 Å². The zero-order chi connectivity index (χ0) is 19.4. The van der Waals surface area contributed by atoms with Gasteiger partial charge in [-0.25, -0.2) is 13.1 Å². The molecule has 0 fully saturated rings. The third-order valence-corrected chi connectivity index (χ3v) is 5.08. The van der Waals surface area contributed by atoms with Gasteiger partial charge in [0.05, 0.1) is 4.90 Å². The number of carbonyl (C=O) groups excluding carboxylic acids is 1. The van der Waals surface area contributed by atoms with Crippen LogP contribution in [0, 0.1) is 6.92 Å². The second-order valence-electron chi connectivity index (χ2n) is 7.12. The first-order valence-electron chi connectivity index (χ1n) is 8.25. The van der Waals surface area contributed by atoms with Crippen molar-refractivity contribution < 1.29 is 13.2 Å². The standard InChI is InChI=1S/C20H24N2O3S/c1-15-7-5-8-16(13-15)11-12-19(23)21-17-9-6-10-18(14-17)26(24,25)22-20(2,3)4/h5-14,22H,1-4H3,(H,21,23)/b12-11+. The van der Waals surface area contributed by atoms with E-state index in [0.29, 0.717) is 5.69 Å². The van der Waals surface area contributed by atoms with Crippen LogP contribution in [0.5, 0.6) is 0 Å². The first-order valence-corrected chi connectivity index (χ1v) is 9.73. The van der Waals surface area contributed by atoms with E-state index < -0.39 is 15.6 Å². The SMILES string of the molecule is Cc1cccc(/C=C/C(=O)Nc2cccc(S(=O)(=O)NC(C)(C)C)c2)c1. The number of hydrogen-bond acceptors (Lipinski definition) is 3. The van der Waals surface area contributed by atoms with E-state index in [1.807, 2.05) is 31.2 Å². The van der Waals surface area contributed by atoms with Gasteiger partial charge in [-0.15, -0.1) is 0 Å². The molecule has 0 saturated heterocycles. The molecule has 5 nitrogen and oxygen atoms in total. The lowest BCUT2D eigenvalue weighted by Crippen LogP contribution is -2.40. The minimum Gasteiger partial charge on any atom is -0.322 e. The van der Waals surface area contributed by atoms with Gasteiger partial charge >= 0.3 is 0 Å². The van der Waals surface area contributed by atoms with Crippen molar-refractivity contribution in [3.8, 4) is 0 Å². The molecule has 0 unspecified atom stereocenters. The van der Waals surface area contributed by atoms with Crippen LogP contribution in [-0.4, -0.2) is 19.9 Å². The third-order valence-electron chi connectivity index (χ3n) is 3.32. The monoisotopic (exact) mass is 372 g/mol. The fourth-order valence-corrected chi connectivity index (χ4v) is 3.80. The van der Waals surface area contributed by atoms with Gasteiger partial charge in [-0.05, 0) is 57.5 Å². The fraction of sp³-hybridized carbons (Fsp3) is 0.250. The topological polar surface area (TPSA) is 75.3 Å². The molecule has 2 aromatic rings. The van der Waals surface area contributed by atoms with Crippen LogP contribution in [0.4, 0.5) is 5.69 Å². The van der Waals surface area contributed by atoms with Crippen molar-refractivity contribution in [3.63, 3.8) is 0 Å². The van der Waals surface area contributed by atoms with E-state index >= 15 is 0 Å². The third kappa shape index (κ3) is 6.13. The van der Waals surface area contributed by atoms with Crippen LogP contribution >= 0.6 is 0 Å². The summed E-state index contributed by atoms with van der Waals surface area (Å²) in [6.45, 7) is 7.29. The molecule has 138 valence electrons. The van der Waals surface area contributed by atoms with Crippen LogP contribution < -0.4 is 10.0 Å². The fourth-order valence-electron chi connectivity index (χ4n) is 2.33. The Morgan fingerprint density at radius 1 is 1.04 bits per heavy atom. The molecular formula is C20H24N2O3S. The van der Waals surface area contributed by atoms with Crippen molar-refractivity contribution in [1.82, 2.24) is 4.72 Å². The molecule has 0 heterocycles. The normalized spacial score (nSPS) is 12.3. The van der Waals surface area contributed by atoms with Crippen molar-refractivity contribution in [3.05, 3.63) is 65.7 Å². The molecule has 0 bridgehead atoms. The lowest BCUT2D eigenvalue weighted by Gasteiger charge is -2.20. The molecule has 0 atom stereocenters. The van der Waals surface area contributed by atoms with Crippen LogP contribution in [-0.2, 0) is 14.8 Å². The van der Waals surface area contributed by atoms with Gasteiger partial charge in [0.1, 0.15) is 0 Å². The van der Waals surface area contributed by atoms with E-state index in [1.54, 1.807) is 39.0 Å². The number of benzene rings is 2. The maximum Gasteiger partial charge on any atom is 0.248 e. The minimum atomic E-state index is -3.66. The predicted octanol–water partition coefficient (Wildman–Crippen LogP) is 3.72. The summed E-state index contributed by atoms with van der Waals surface area (Å²) in [7, 11) is -3.66. The number of anilines is 1. The average molecular weight is 372 g/mol. The average Bonchev–Trinajstić information content (AvgIpc) is 2.51. The summed E-state index contributed by atoms with van der Waals surface area (Å²) >= 11 is 0. The highest BCUT2D eigenvalue weighted by Gasteiger charge is 2.22. The number of amides is 1. The number of nitrogens with one attached hydrogen (secondary N) is 2. The van der Waals surface area contributed by atoms with E-state index in [2.05, 4.69) is 10.0 Å². The van der Waals surface area contributed by atoms with Crippen LogP contribution in [0.25, 0.3) is 6.08 Å². The van der Waals surface area contributed by atoms with Crippen molar-refractivity contribution in [2.75, 3.05) is 5.32 Å². The maximum atomic E-state index is 12.4. The highest BCUT2D eigenvalue weighted by molar-refractivity contribution is 7.89. The number of hydrogen-bond donors (Lipinski definition) is 2. The zero-order valence-electron chi connectivity index (χ0n) is 15.4. The van der Waals surface area contributed by atoms with E-state index in [-0.39, 0.29) is 10.8 Å². The molecule has 0 spiro atoms. The van der Waals surface area contributed by atoms with E-state index in [4.69, 9.17) is 0 Å². The minimum absolute atomic E-state index is 0.105. The summed E-state index contributed by atoms with van der Waals surface area (Å²) < 4.78 is 27.4. The molecule has 0 saturated carbocycles. The maximum absolute atomic E-state index is 12.4. The van der Waals surface area contributed by atoms with Crippen molar-refractivity contribution in [2.24, 2.45) is 0 Å². The molecule has 0 aliphatic carbocycles. The molecular weight excluding hydrogens is 348 g/mol. The van der Waals surface area contributed by atoms with E-state index in [9.17, 15) is 13.2 Å². The quantitative estimate of drug-likeness (QED) is 0.786. The van der Waals surface area contributed by atoms with Gasteiger partial charge in [-0.2, -0.15) is 0 Å². The largest absolute Gasteiger partial charge is 0.322 e. The van der Waals surface area contributed by atoms with Crippen LogP contribution in [0.15, 0.2) is 59.5 Å². The Balaban J connectivity index is 2.12. The summed E-state index contributed by atoms with van der Waals surface area (Å²) in [5.74, 6) is -0.329. The molecule has 26 heavy (non-hydrogen) atoms. The smallest absolute Gasteiger partial charge is 0.248 e. The Kier molecular flexibility index (Phi) is 6.00. The second kappa shape index (κ2) is 7.85. The van der Waals surface area contributed by atoms with Crippen molar-refractivity contribution >= 4 is 27.7 Å². The molecule has 0 aliphatic rings. The second-order valence-corrected chi connectivity index (χ2v) is 8.80. The Hall–Kier alpha value is -2.44. The van der Waals surface area contributed by atoms with Gasteiger partial charge in [0.2, 0.25) is 15.9 Å². The van der Waals surface area contributed by atoms with Crippen LogP contribution in [0.3, 0.4) is 0 Å². The zero-order valence-corrected chi connectivity index (χ0v) is 16.2. The highest BCUT2D eigenvalue weighted by Crippen LogP contribution is 2.17. The van der Waals surface area contributed by atoms with Gasteiger partial charge in [-0.1, -0.05) is 35.9 Å². The molecule has 2 N–H and O–H groups in total. The number of aryl methyl sites for hydroxylation is 1. The van der Waals surface area contributed by atoms with Gasteiger partial charge in [0.15, 0.2) is 0 Å². The summed E-state index contributed by atoms with van der Waals surface area (Å²) in [6.07, 6.45) is 3.13. The Bertz CT molecular complexity index is 926. The molecule has 0 aromatic heterocycles. The molecule has 2 rings (SSSR count). The first kappa shape index (κ1) is 19.9. The van der Waals surface area contributed by atoms with Gasteiger partial charge in [0, 0.05) is 17.3 Å². The van der Waals surface area contributed by atoms with E-state index in [0.717, 1.165) is 11.1 Å². The Morgan fingerprint density at radius 2 is 1.73 bits per heavy atom. The van der Waals surface area contributed by atoms with Crippen molar-refractivity contribution in [2.45, 2.75) is 38.1 Å². The predicted molar refractivity (Wildman–Crippen MR) is 105 cm³/mol. The van der Waals surface area contributed by atoms with E-state index in [1.165, 1.54) is 18.2 Å². The summed E-state index contributed by atoms with van der Waals surface area (Å²) in [6, 6.07) is 13.9. The lowest BCUT2D eigenvalue weighted by molar-refractivity contribution is -0.111. The first-order chi connectivity index (χ1) is 12.0. The molecule has 0 radical (unpaired) electrons. The van der Waals surface area contributed by atoms with Crippen LogP contribution in [0.1, 0.15) is 31.9 Å². The van der Waals surface area contributed by atoms with Gasteiger partial charge in [-0.3, -0.25) is 4.79 Å². The lowest BCUT2D eigenvalue weighted by atomic mass is 10.1.